The number of nitrogens with one attached hydrogen (secondary N) is 1. The minimum absolute atomic E-state index is 0.505. The van der Waals surface area contributed by atoms with Crippen molar-refractivity contribution >= 4 is 21.7 Å². The standard InChI is InChI=1S/C12H13BrN4O/c13-8-3-1-2-7(6-8)9-11-15-4-5-17(11)12(16-9)10(14)18/h1-3,6,10,15,18H,4-5,14H2. The molecule has 0 spiro atoms. The Morgan fingerprint density at radius 3 is 3.06 bits per heavy atom. The average Bonchev–Trinajstić information content (AvgIpc) is 2.88. The zero-order valence-corrected chi connectivity index (χ0v) is 11.2. The van der Waals surface area contributed by atoms with Crippen molar-refractivity contribution in [1.29, 1.82) is 0 Å². The van der Waals surface area contributed by atoms with E-state index in [4.69, 9.17) is 5.73 Å². The Labute approximate surface area is 113 Å². The van der Waals surface area contributed by atoms with Gasteiger partial charge in [0.05, 0.1) is 0 Å². The number of nitrogens with zero attached hydrogens (tertiary/aromatic N) is 2. The Balaban J connectivity index is 2.16. The van der Waals surface area contributed by atoms with Gasteiger partial charge in [0.15, 0.2) is 12.1 Å². The highest BCUT2D eigenvalue weighted by atomic mass is 79.9. The number of aliphatic hydroxyl groups is 1. The lowest BCUT2D eigenvalue weighted by Gasteiger charge is -2.04. The van der Waals surface area contributed by atoms with Gasteiger partial charge in [-0.25, -0.2) is 4.98 Å². The molecule has 1 unspecified atom stereocenters. The van der Waals surface area contributed by atoms with Gasteiger partial charge >= 0.3 is 0 Å². The summed E-state index contributed by atoms with van der Waals surface area (Å²) < 4.78 is 2.93. The lowest BCUT2D eigenvalue weighted by atomic mass is 10.1. The number of aromatic nitrogens is 2. The largest absolute Gasteiger partial charge is 0.371 e. The quantitative estimate of drug-likeness (QED) is 0.738. The summed E-state index contributed by atoms with van der Waals surface area (Å²) in [6, 6.07) is 7.90. The van der Waals surface area contributed by atoms with Crippen molar-refractivity contribution in [3.05, 3.63) is 34.6 Å². The molecule has 0 bridgehead atoms. The number of nitrogens with two attached hydrogens (primary N) is 1. The molecule has 0 radical (unpaired) electrons. The predicted octanol–water partition coefficient (Wildman–Crippen LogP) is 1.69. The molecule has 0 amide bonds. The minimum Gasteiger partial charge on any atom is -0.371 e. The Hall–Kier alpha value is -1.37. The van der Waals surface area contributed by atoms with Gasteiger partial charge in [0.1, 0.15) is 11.5 Å². The highest BCUT2D eigenvalue weighted by Crippen LogP contribution is 2.33. The van der Waals surface area contributed by atoms with Crippen molar-refractivity contribution in [1.82, 2.24) is 9.55 Å². The lowest BCUT2D eigenvalue weighted by Crippen LogP contribution is -2.15. The Morgan fingerprint density at radius 1 is 1.50 bits per heavy atom. The fraction of sp³-hybridized carbons (Fsp3) is 0.250. The van der Waals surface area contributed by atoms with Gasteiger partial charge in [0, 0.05) is 23.1 Å². The van der Waals surface area contributed by atoms with E-state index >= 15 is 0 Å². The summed E-state index contributed by atoms with van der Waals surface area (Å²) in [6.07, 6.45) is -1.05. The Morgan fingerprint density at radius 2 is 2.33 bits per heavy atom. The van der Waals surface area contributed by atoms with Crippen LogP contribution in [0.2, 0.25) is 0 Å². The summed E-state index contributed by atoms with van der Waals surface area (Å²) in [4.78, 5) is 4.45. The zero-order chi connectivity index (χ0) is 12.7. The molecule has 6 heteroatoms. The maximum Gasteiger partial charge on any atom is 0.161 e. The number of fused-ring (bicyclic) bond motifs is 1. The van der Waals surface area contributed by atoms with E-state index in [0.717, 1.165) is 34.6 Å². The molecule has 1 aromatic heterocycles. The second kappa shape index (κ2) is 4.38. The average molecular weight is 309 g/mol. The normalized spacial score (nSPS) is 15.3. The molecular formula is C12H13BrN4O. The Bertz CT molecular complexity index is 594. The molecule has 1 atom stereocenters. The van der Waals surface area contributed by atoms with Gasteiger partial charge < -0.3 is 15.0 Å². The van der Waals surface area contributed by atoms with Crippen LogP contribution in [-0.4, -0.2) is 21.2 Å². The van der Waals surface area contributed by atoms with Crippen molar-refractivity contribution in [3.63, 3.8) is 0 Å². The fourth-order valence-electron chi connectivity index (χ4n) is 2.22. The number of halogens is 1. The minimum atomic E-state index is -1.05. The van der Waals surface area contributed by atoms with Crippen LogP contribution in [0.5, 0.6) is 0 Å². The van der Waals surface area contributed by atoms with Crippen LogP contribution < -0.4 is 11.1 Å². The number of aliphatic hydroxyl groups excluding tert-OH is 1. The van der Waals surface area contributed by atoms with E-state index in [-0.39, 0.29) is 0 Å². The molecule has 2 aromatic rings. The molecule has 0 saturated carbocycles. The topological polar surface area (TPSA) is 76.1 Å². The monoisotopic (exact) mass is 308 g/mol. The molecule has 1 aromatic carbocycles. The third-order valence-corrected chi connectivity index (χ3v) is 3.48. The van der Waals surface area contributed by atoms with Crippen molar-refractivity contribution < 1.29 is 5.11 Å². The van der Waals surface area contributed by atoms with Gasteiger partial charge in [-0.15, -0.1) is 0 Å². The molecule has 18 heavy (non-hydrogen) atoms. The van der Waals surface area contributed by atoms with Gasteiger partial charge in [-0.1, -0.05) is 28.1 Å². The van der Waals surface area contributed by atoms with Crippen molar-refractivity contribution in [2.24, 2.45) is 5.73 Å². The van der Waals surface area contributed by atoms with Crippen LogP contribution in [0.15, 0.2) is 28.7 Å². The SMILES string of the molecule is NC(O)c1nc(-c2cccc(Br)c2)c2n1CCN2. The lowest BCUT2D eigenvalue weighted by molar-refractivity contribution is 0.172. The second-order valence-corrected chi connectivity index (χ2v) is 5.12. The first-order valence-corrected chi connectivity index (χ1v) is 6.50. The van der Waals surface area contributed by atoms with Gasteiger partial charge in [-0.3, -0.25) is 5.73 Å². The maximum absolute atomic E-state index is 9.56. The van der Waals surface area contributed by atoms with Crippen LogP contribution in [-0.2, 0) is 6.54 Å². The zero-order valence-electron chi connectivity index (χ0n) is 9.60. The van der Waals surface area contributed by atoms with Crippen LogP contribution in [0.4, 0.5) is 5.82 Å². The summed E-state index contributed by atoms with van der Waals surface area (Å²) in [5.41, 5.74) is 7.37. The number of hydrogen-bond donors (Lipinski definition) is 3. The summed E-state index contributed by atoms with van der Waals surface area (Å²) in [6.45, 7) is 1.61. The molecule has 5 nitrogen and oxygen atoms in total. The van der Waals surface area contributed by atoms with Crippen LogP contribution in [0.1, 0.15) is 12.1 Å². The molecule has 1 aliphatic heterocycles. The van der Waals surface area contributed by atoms with Crippen LogP contribution in [0.25, 0.3) is 11.3 Å². The molecule has 1 aliphatic rings. The second-order valence-electron chi connectivity index (χ2n) is 4.20. The number of anilines is 1. The number of imidazole rings is 1. The Kier molecular flexibility index (Phi) is 2.85. The highest BCUT2D eigenvalue weighted by molar-refractivity contribution is 9.10. The van der Waals surface area contributed by atoms with Crippen molar-refractivity contribution in [2.45, 2.75) is 12.8 Å². The van der Waals surface area contributed by atoms with E-state index < -0.39 is 6.23 Å². The van der Waals surface area contributed by atoms with Crippen molar-refractivity contribution in [2.75, 3.05) is 11.9 Å². The van der Waals surface area contributed by atoms with E-state index in [2.05, 4.69) is 26.2 Å². The van der Waals surface area contributed by atoms with E-state index in [1.807, 2.05) is 28.8 Å². The maximum atomic E-state index is 9.56. The molecule has 3 rings (SSSR count). The number of benzene rings is 1. The molecule has 0 saturated heterocycles. The first-order chi connectivity index (χ1) is 8.66. The third-order valence-electron chi connectivity index (χ3n) is 2.99. The van der Waals surface area contributed by atoms with Gasteiger partial charge in [-0.05, 0) is 12.1 Å². The molecule has 2 heterocycles. The van der Waals surface area contributed by atoms with Crippen LogP contribution in [0.3, 0.4) is 0 Å². The van der Waals surface area contributed by atoms with Crippen LogP contribution in [0, 0.1) is 0 Å². The van der Waals surface area contributed by atoms with E-state index in [0.29, 0.717) is 5.82 Å². The van der Waals surface area contributed by atoms with Gasteiger partial charge in [0.2, 0.25) is 0 Å². The molecular weight excluding hydrogens is 296 g/mol. The van der Waals surface area contributed by atoms with E-state index in [9.17, 15) is 5.11 Å². The number of hydrogen-bond acceptors (Lipinski definition) is 4. The highest BCUT2D eigenvalue weighted by Gasteiger charge is 2.24. The fourth-order valence-corrected chi connectivity index (χ4v) is 2.62. The molecule has 0 aliphatic carbocycles. The van der Waals surface area contributed by atoms with Gasteiger partial charge in [-0.2, -0.15) is 0 Å². The number of rotatable bonds is 2. The first-order valence-electron chi connectivity index (χ1n) is 5.70. The third kappa shape index (κ3) is 1.82. The van der Waals surface area contributed by atoms with Gasteiger partial charge in [0.25, 0.3) is 0 Å². The van der Waals surface area contributed by atoms with Crippen molar-refractivity contribution in [3.8, 4) is 11.3 Å². The predicted molar refractivity (Wildman–Crippen MR) is 73.0 cm³/mol. The van der Waals surface area contributed by atoms with Crippen LogP contribution >= 0.6 is 15.9 Å². The summed E-state index contributed by atoms with van der Waals surface area (Å²) in [5, 5.41) is 12.8. The summed E-state index contributed by atoms with van der Waals surface area (Å²) in [7, 11) is 0. The summed E-state index contributed by atoms with van der Waals surface area (Å²) in [5.74, 6) is 1.43. The smallest absolute Gasteiger partial charge is 0.161 e. The molecule has 94 valence electrons. The molecule has 0 fully saturated rings. The first kappa shape index (κ1) is 11.7. The molecule has 4 N–H and O–H groups in total. The summed E-state index contributed by atoms with van der Waals surface area (Å²) >= 11 is 3.45. The van der Waals surface area contributed by atoms with E-state index in [1.165, 1.54) is 0 Å². The van der Waals surface area contributed by atoms with E-state index in [1.54, 1.807) is 0 Å².